The van der Waals surface area contributed by atoms with E-state index < -0.39 is 0 Å². The number of carbonyl (C=O) groups is 1. The highest BCUT2D eigenvalue weighted by Gasteiger charge is 2.11. The lowest BCUT2D eigenvalue weighted by Crippen LogP contribution is -2.33. The van der Waals surface area contributed by atoms with Gasteiger partial charge in [-0.2, -0.15) is 0 Å². The van der Waals surface area contributed by atoms with Crippen molar-refractivity contribution in [2.75, 3.05) is 18.4 Å². The number of unbranched alkanes of at least 4 members (excludes halogenated alkanes) is 5. The highest BCUT2D eigenvalue weighted by atomic mass is 79.9. The molecule has 0 radical (unpaired) electrons. The second-order valence-corrected chi connectivity index (χ2v) is 5.38. The van der Waals surface area contributed by atoms with Gasteiger partial charge in [0, 0.05) is 24.8 Å². The van der Waals surface area contributed by atoms with Crippen LogP contribution in [0.3, 0.4) is 0 Å². The number of hydrogen-bond donors (Lipinski definition) is 0. The lowest BCUT2D eigenvalue weighted by atomic mass is 10.1. The molecule has 0 rings (SSSR count). The van der Waals surface area contributed by atoms with E-state index >= 15 is 0 Å². The normalized spacial score (nSPS) is 10.5. The molecule has 0 aliphatic rings. The van der Waals surface area contributed by atoms with Crippen LogP contribution in [0.25, 0.3) is 0 Å². The summed E-state index contributed by atoms with van der Waals surface area (Å²) in [6, 6.07) is 0. The molecular formula is C14H28BrNO. The molecule has 0 aliphatic carbocycles. The molecule has 0 saturated carbocycles. The quantitative estimate of drug-likeness (QED) is 0.410. The topological polar surface area (TPSA) is 20.3 Å². The Labute approximate surface area is 115 Å². The molecule has 2 nitrogen and oxygen atoms in total. The number of rotatable bonds is 11. The Balaban J connectivity index is 3.72. The van der Waals surface area contributed by atoms with Gasteiger partial charge in [0.25, 0.3) is 0 Å². The van der Waals surface area contributed by atoms with E-state index in [2.05, 4.69) is 29.8 Å². The van der Waals surface area contributed by atoms with Crippen molar-refractivity contribution in [3.63, 3.8) is 0 Å². The second-order valence-electron chi connectivity index (χ2n) is 4.59. The molecule has 0 atom stereocenters. The predicted molar refractivity (Wildman–Crippen MR) is 78.7 cm³/mol. The Morgan fingerprint density at radius 1 is 0.941 bits per heavy atom. The van der Waals surface area contributed by atoms with Crippen LogP contribution in [0.2, 0.25) is 0 Å². The summed E-state index contributed by atoms with van der Waals surface area (Å²) in [6.45, 7) is 6.17. The minimum absolute atomic E-state index is 0.342. The second kappa shape index (κ2) is 12.4. The summed E-state index contributed by atoms with van der Waals surface area (Å²) < 4.78 is 0. The van der Waals surface area contributed by atoms with E-state index in [1.807, 2.05) is 4.90 Å². The number of halogens is 1. The van der Waals surface area contributed by atoms with Crippen molar-refractivity contribution >= 4 is 21.8 Å². The molecule has 1 amide bonds. The molecular weight excluding hydrogens is 278 g/mol. The highest BCUT2D eigenvalue weighted by molar-refractivity contribution is 9.09. The summed E-state index contributed by atoms with van der Waals surface area (Å²) in [6.07, 6.45) is 9.11. The highest BCUT2D eigenvalue weighted by Crippen LogP contribution is 2.08. The van der Waals surface area contributed by atoms with Crippen molar-refractivity contribution in [2.45, 2.75) is 65.2 Å². The fraction of sp³-hybridized carbons (Fsp3) is 0.929. The first-order chi connectivity index (χ1) is 8.26. The van der Waals surface area contributed by atoms with Gasteiger partial charge in [-0.1, -0.05) is 61.9 Å². The van der Waals surface area contributed by atoms with Crippen LogP contribution in [-0.2, 0) is 4.79 Å². The third-order valence-electron chi connectivity index (χ3n) is 2.98. The SMILES string of the molecule is CCCCCCCC(=O)N(CCBr)CCCC. The largest absolute Gasteiger partial charge is 0.342 e. The van der Waals surface area contributed by atoms with Crippen LogP contribution in [0.1, 0.15) is 65.2 Å². The Kier molecular flexibility index (Phi) is 12.4. The van der Waals surface area contributed by atoms with E-state index in [4.69, 9.17) is 0 Å². The standard InChI is InChI=1S/C14H28BrNO/c1-3-5-7-8-9-10-14(17)16(13-11-15)12-6-4-2/h3-13H2,1-2H3. The van der Waals surface area contributed by atoms with Crippen molar-refractivity contribution in [3.05, 3.63) is 0 Å². The van der Waals surface area contributed by atoms with E-state index in [0.717, 1.165) is 44.1 Å². The van der Waals surface area contributed by atoms with E-state index in [9.17, 15) is 4.79 Å². The van der Waals surface area contributed by atoms with Crippen molar-refractivity contribution in [3.8, 4) is 0 Å². The minimum atomic E-state index is 0.342. The van der Waals surface area contributed by atoms with Crippen LogP contribution in [-0.4, -0.2) is 29.2 Å². The molecule has 0 saturated heterocycles. The first-order valence-electron chi connectivity index (χ1n) is 7.10. The van der Waals surface area contributed by atoms with Gasteiger partial charge >= 0.3 is 0 Å². The average Bonchev–Trinajstić information content (AvgIpc) is 2.34. The van der Waals surface area contributed by atoms with E-state index in [1.54, 1.807) is 0 Å². The van der Waals surface area contributed by atoms with E-state index in [-0.39, 0.29) is 0 Å². The smallest absolute Gasteiger partial charge is 0.222 e. The van der Waals surface area contributed by atoms with Gasteiger partial charge in [-0.15, -0.1) is 0 Å². The van der Waals surface area contributed by atoms with Gasteiger partial charge in [0.05, 0.1) is 0 Å². The summed E-state index contributed by atoms with van der Waals surface area (Å²) in [7, 11) is 0. The van der Waals surface area contributed by atoms with Crippen LogP contribution in [0.15, 0.2) is 0 Å². The summed E-state index contributed by atoms with van der Waals surface area (Å²) in [4.78, 5) is 14.0. The van der Waals surface area contributed by atoms with Gasteiger partial charge in [-0.3, -0.25) is 4.79 Å². The van der Waals surface area contributed by atoms with Crippen LogP contribution in [0.5, 0.6) is 0 Å². The zero-order valence-corrected chi connectivity index (χ0v) is 13.1. The minimum Gasteiger partial charge on any atom is -0.342 e. The first-order valence-corrected chi connectivity index (χ1v) is 8.22. The summed E-state index contributed by atoms with van der Waals surface area (Å²) >= 11 is 3.42. The maximum absolute atomic E-state index is 12.0. The van der Waals surface area contributed by atoms with Crippen LogP contribution < -0.4 is 0 Å². The van der Waals surface area contributed by atoms with Crippen LogP contribution >= 0.6 is 15.9 Å². The predicted octanol–water partition coefficient (Wildman–Crippen LogP) is 4.37. The van der Waals surface area contributed by atoms with Gasteiger partial charge in [0.1, 0.15) is 0 Å². The monoisotopic (exact) mass is 305 g/mol. The fourth-order valence-electron chi connectivity index (χ4n) is 1.85. The van der Waals surface area contributed by atoms with E-state index in [0.29, 0.717) is 5.91 Å². The first kappa shape index (κ1) is 16.9. The van der Waals surface area contributed by atoms with Crippen molar-refractivity contribution in [1.82, 2.24) is 4.90 Å². The molecule has 0 bridgehead atoms. The molecule has 102 valence electrons. The zero-order valence-electron chi connectivity index (χ0n) is 11.5. The Morgan fingerprint density at radius 2 is 1.59 bits per heavy atom. The third kappa shape index (κ3) is 9.63. The number of nitrogens with zero attached hydrogens (tertiary/aromatic N) is 1. The zero-order chi connectivity index (χ0) is 12.9. The van der Waals surface area contributed by atoms with Gasteiger partial charge < -0.3 is 4.90 Å². The summed E-state index contributed by atoms with van der Waals surface area (Å²) in [5.41, 5.74) is 0. The van der Waals surface area contributed by atoms with Gasteiger partial charge in [-0.25, -0.2) is 0 Å². The van der Waals surface area contributed by atoms with Gasteiger partial charge in [0.15, 0.2) is 0 Å². The maximum Gasteiger partial charge on any atom is 0.222 e. The maximum atomic E-state index is 12.0. The number of carbonyl (C=O) groups excluding carboxylic acids is 1. The summed E-state index contributed by atoms with van der Waals surface area (Å²) in [5, 5.41) is 0.887. The molecule has 0 N–H and O–H groups in total. The molecule has 0 heterocycles. The van der Waals surface area contributed by atoms with Crippen LogP contribution in [0, 0.1) is 0 Å². The molecule has 0 fully saturated rings. The van der Waals surface area contributed by atoms with Crippen molar-refractivity contribution < 1.29 is 4.79 Å². The molecule has 0 aromatic carbocycles. The average molecular weight is 306 g/mol. The third-order valence-corrected chi connectivity index (χ3v) is 3.34. The Hall–Kier alpha value is -0.0500. The molecule has 17 heavy (non-hydrogen) atoms. The Morgan fingerprint density at radius 3 is 2.18 bits per heavy atom. The van der Waals surface area contributed by atoms with Crippen molar-refractivity contribution in [1.29, 1.82) is 0 Å². The lowest BCUT2D eigenvalue weighted by molar-refractivity contribution is -0.131. The molecule has 3 heteroatoms. The van der Waals surface area contributed by atoms with Gasteiger partial charge in [-0.05, 0) is 12.8 Å². The molecule has 0 aliphatic heterocycles. The van der Waals surface area contributed by atoms with E-state index in [1.165, 1.54) is 25.7 Å². The number of alkyl halides is 1. The summed E-state index contributed by atoms with van der Waals surface area (Å²) in [5.74, 6) is 0.342. The molecule has 0 aromatic heterocycles. The van der Waals surface area contributed by atoms with Gasteiger partial charge in [0.2, 0.25) is 5.91 Å². The molecule has 0 unspecified atom stereocenters. The Bertz CT molecular complexity index is 185. The van der Waals surface area contributed by atoms with Crippen molar-refractivity contribution in [2.24, 2.45) is 0 Å². The van der Waals surface area contributed by atoms with Crippen LogP contribution in [0.4, 0.5) is 0 Å². The fourth-order valence-corrected chi connectivity index (χ4v) is 2.28. The molecule has 0 aromatic rings. The molecule has 0 spiro atoms. The number of amides is 1. The number of hydrogen-bond acceptors (Lipinski definition) is 1. The lowest BCUT2D eigenvalue weighted by Gasteiger charge is -2.21.